The maximum absolute atomic E-state index is 12.3. The molecular formula is C14H17N3O2. The first-order valence-electron chi connectivity index (χ1n) is 6.27. The molecule has 5 heteroatoms. The second kappa shape index (κ2) is 5.56. The summed E-state index contributed by atoms with van der Waals surface area (Å²) < 4.78 is 2.64. The molecule has 0 radical (unpaired) electrons. The number of rotatable bonds is 4. The SMILES string of the molecule is CCCn1c(=O)cc(N)n(Cc2ccccc2)c1=O. The van der Waals surface area contributed by atoms with Gasteiger partial charge in [0.15, 0.2) is 0 Å². The molecular weight excluding hydrogens is 242 g/mol. The lowest BCUT2D eigenvalue weighted by molar-refractivity contribution is 0.570. The van der Waals surface area contributed by atoms with Gasteiger partial charge in [0.05, 0.1) is 6.54 Å². The second-order valence-corrected chi connectivity index (χ2v) is 4.41. The molecule has 0 amide bonds. The summed E-state index contributed by atoms with van der Waals surface area (Å²) in [5, 5.41) is 0. The number of hydrogen-bond acceptors (Lipinski definition) is 3. The third-order valence-corrected chi connectivity index (χ3v) is 2.94. The van der Waals surface area contributed by atoms with E-state index >= 15 is 0 Å². The molecule has 19 heavy (non-hydrogen) atoms. The summed E-state index contributed by atoms with van der Waals surface area (Å²) >= 11 is 0. The number of hydrogen-bond donors (Lipinski definition) is 1. The third-order valence-electron chi connectivity index (χ3n) is 2.94. The molecule has 0 atom stereocenters. The Kier molecular flexibility index (Phi) is 3.85. The molecule has 0 unspecified atom stereocenters. The summed E-state index contributed by atoms with van der Waals surface area (Å²) in [5.74, 6) is 0.200. The number of nitrogen functional groups attached to an aromatic ring is 1. The van der Waals surface area contributed by atoms with E-state index < -0.39 is 0 Å². The van der Waals surface area contributed by atoms with Crippen LogP contribution < -0.4 is 17.0 Å². The Morgan fingerprint density at radius 3 is 2.42 bits per heavy atom. The predicted molar refractivity (Wildman–Crippen MR) is 75.2 cm³/mol. The lowest BCUT2D eigenvalue weighted by Crippen LogP contribution is -2.40. The van der Waals surface area contributed by atoms with Crippen molar-refractivity contribution >= 4 is 5.82 Å². The first-order chi connectivity index (χ1) is 9.13. The summed E-state index contributed by atoms with van der Waals surface area (Å²) in [4.78, 5) is 24.0. The fraction of sp³-hybridized carbons (Fsp3) is 0.286. The molecule has 0 saturated carbocycles. The number of nitrogens with zero attached hydrogens (tertiary/aromatic N) is 2. The van der Waals surface area contributed by atoms with Crippen LogP contribution in [0.1, 0.15) is 18.9 Å². The van der Waals surface area contributed by atoms with Crippen LogP contribution >= 0.6 is 0 Å². The number of nitrogens with two attached hydrogens (primary N) is 1. The molecule has 2 aromatic rings. The molecule has 2 N–H and O–H groups in total. The molecule has 0 aliphatic carbocycles. The molecule has 0 aliphatic heterocycles. The number of benzene rings is 1. The van der Waals surface area contributed by atoms with E-state index in [2.05, 4.69) is 0 Å². The van der Waals surface area contributed by atoms with E-state index in [0.29, 0.717) is 13.1 Å². The van der Waals surface area contributed by atoms with Crippen LogP contribution in [0.2, 0.25) is 0 Å². The van der Waals surface area contributed by atoms with Crippen molar-refractivity contribution in [3.63, 3.8) is 0 Å². The van der Waals surface area contributed by atoms with Gasteiger partial charge in [0, 0.05) is 12.6 Å². The Bertz CT molecular complexity index is 671. The van der Waals surface area contributed by atoms with Crippen LogP contribution in [0.25, 0.3) is 0 Å². The molecule has 1 aromatic carbocycles. The van der Waals surface area contributed by atoms with E-state index in [1.165, 1.54) is 15.2 Å². The van der Waals surface area contributed by atoms with E-state index in [4.69, 9.17) is 5.73 Å². The van der Waals surface area contributed by atoms with Gasteiger partial charge in [-0.05, 0) is 12.0 Å². The van der Waals surface area contributed by atoms with Crippen molar-refractivity contribution in [1.29, 1.82) is 0 Å². The van der Waals surface area contributed by atoms with Crippen LogP contribution in [0.3, 0.4) is 0 Å². The first-order valence-corrected chi connectivity index (χ1v) is 6.27. The molecule has 1 heterocycles. The molecule has 5 nitrogen and oxygen atoms in total. The largest absolute Gasteiger partial charge is 0.385 e. The lowest BCUT2D eigenvalue weighted by atomic mass is 10.2. The molecule has 2 rings (SSSR count). The van der Waals surface area contributed by atoms with Crippen molar-refractivity contribution in [2.24, 2.45) is 0 Å². The Morgan fingerprint density at radius 2 is 1.79 bits per heavy atom. The number of anilines is 1. The fourth-order valence-corrected chi connectivity index (χ4v) is 1.99. The molecule has 0 spiro atoms. The Labute approximate surface area is 110 Å². The zero-order valence-corrected chi connectivity index (χ0v) is 10.9. The maximum Gasteiger partial charge on any atom is 0.332 e. The Hall–Kier alpha value is -2.30. The van der Waals surface area contributed by atoms with Gasteiger partial charge in [-0.2, -0.15) is 0 Å². The summed E-state index contributed by atoms with van der Waals surface area (Å²) in [6.07, 6.45) is 0.727. The van der Waals surface area contributed by atoms with Crippen LogP contribution in [0.15, 0.2) is 46.0 Å². The standard InChI is InChI=1S/C14H17N3O2/c1-2-8-16-13(18)9-12(15)17(14(16)19)10-11-6-4-3-5-7-11/h3-7,9H,2,8,10,15H2,1H3. The normalized spacial score (nSPS) is 10.6. The van der Waals surface area contributed by atoms with E-state index in [1.54, 1.807) is 0 Å². The van der Waals surface area contributed by atoms with Crippen molar-refractivity contribution in [2.75, 3.05) is 5.73 Å². The minimum atomic E-state index is -0.351. The first kappa shape index (κ1) is 13.1. The monoisotopic (exact) mass is 259 g/mol. The van der Waals surface area contributed by atoms with Crippen molar-refractivity contribution < 1.29 is 0 Å². The average molecular weight is 259 g/mol. The van der Waals surface area contributed by atoms with Gasteiger partial charge in [-0.1, -0.05) is 37.3 Å². The van der Waals surface area contributed by atoms with Gasteiger partial charge >= 0.3 is 5.69 Å². The fourth-order valence-electron chi connectivity index (χ4n) is 1.99. The van der Waals surface area contributed by atoms with Crippen LogP contribution in [0, 0.1) is 0 Å². The molecule has 100 valence electrons. The van der Waals surface area contributed by atoms with Gasteiger partial charge in [-0.3, -0.25) is 13.9 Å². The highest BCUT2D eigenvalue weighted by atomic mass is 16.2. The van der Waals surface area contributed by atoms with E-state index in [9.17, 15) is 9.59 Å². The van der Waals surface area contributed by atoms with Gasteiger partial charge in [0.1, 0.15) is 5.82 Å². The summed E-state index contributed by atoms with van der Waals surface area (Å²) in [6, 6.07) is 10.9. The highest BCUT2D eigenvalue weighted by Gasteiger charge is 2.09. The Balaban J connectivity index is 2.49. The third kappa shape index (κ3) is 2.76. The molecule has 0 aliphatic rings. The van der Waals surface area contributed by atoms with Gasteiger partial charge in [0.25, 0.3) is 5.56 Å². The zero-order valence-electron chi connectivity index (χ0n) is 10.9. The highest BCUT2D eigenvalue weighted by molar-refractivity contribution is 5.28. The van der Waals surface area contributed by atoms with Crippen molar-refractivity contribution in [3.8, 4) is 0 Å². The quantitative estimate of drug-likeness (QED) is 0.892. The van der Waals surface area contributed by atoms with Crippen LogP contribution in [0.5, 0.6) is 0 Å². The summed E-state index contributed by atoms with van der Waals surface area (Å²) in [5.41, 5.74) is 6.06. The summed E-state index contributed by atoms with van der Waals surface area (Å²) in [7, 11) is 0. The predicted octanol–water partition coefficient (Wildman–Crippen LogP) is 1.05. The van der Waals surface area contributed by atoms with Crippen LogP contribution in [-0.4, -0.2) is 9.13 Å². The van der Waals surface area contributed by atoms with Crippen molar-refractivity contribution in [1.82, 2.24) is 9.13 Å². The zero-order chi connectivity index (χ0) is 13.8. The minimum absolute atomic E-state index is 0.200. The van der Waals surface area contributed by atoms with E-state index in [-0.39, 0.29) is 17.1 Å². The van der Waals surface area contributed by atoms with Gasteiger partial charge < -0.3 is 5.73 Å². The van der Waals surface area contributed by atoms with E-state index in [0.717, 1.165) is 12.0 Å². The minimum Gasteiger partial charge on any atom is -0.385 e. The molecule has 0 bridgehead atoms. The smallest absolute Gasteiger partial charge is 0.332 e. The van der Waals surface area contributed by atoms with Crippen LogP contribution in [-0.2, 0) is 13.1 Å². The van der Waals surface area contributed by atoms with Crippen molar-refractivity contribution in [2.45, 2.75) is 26.4 Å². The van der Waals surface area contributed by atoms with Gasteiger partial charge in [-0.25, -0.2) is 4.79 Å². The molecule has 0 saturated heterocycles. The van der Waals surface area contributed by atoms with Gasteiger partial charge in [0.2, 0.25) is 0 Å². The highest BCUT2D eigenvalue weighted by Crippen LogP contribution is 2.03. The maximum atomic E-state index is 12.3. The molecule has 0 fully saturated rings. The van der Waals surface area contributed by atoms with Crippen molar-refractivity contribution in [3.05, 3.63) is 62.8 Å². The summed E-state index contributed by atoms with van der Waals surface area (Å²) in [6.45, 7) is 2.70. The molecule has 1 aromatic heterocycles. The topological polar surface area (TPSA) is 70.0 Å². The average Bonchev–Trinajstić information content (AvgIpc) is 2.41. The Morgan fingerprint density at radius 1 is 1.11 bits per heavy atom. The number of aromatic nitrogens is 2. The van der Waals surface area contributed by atoms with E-state index in [1.807, 2.05) is 37.3 Å². The van der Waals surface area contributed by atoms with Crippen LogP contribution in [0.4, 0.5) is 5.82 Å². The lowest BCUT2D eigenvalue weighted by Gasteiger charge is -2.12. The van der Waals surface area contributed by atoms with Gasteiger partial charge in [-0.15, -0.1) is 0 Å². The second-order valence-electron chi connectivity index (χ2n) is 4.41.